The SMILES string of the molecule is CN(Cc1ccccc1)C[C@@]1(O)CCN(C(=O)c2ccc(Cl)cc2)C[C@@H]1O. The number of piperidine rings is 1. The Morgan fingerprint density at radius 1 is 1.22 bits per heavy atom. The maximum Gasteiger partial charge on any atom is 0.253 e. The van der Waals surface area contributed by atoms with Crippen LogP contribution in [0.25, 0.3) is 0 Å². The second-order valence-corrected chi connectivity index (χ2v) is 7.72. The molecular formula is C21H25ClN2O3. The van der Waals surface area contributed by atoms with Crippen molar-refractivity contribution < 1.29 is 15.0 Å². The highest BCUT2D eigenvalue weighted by atomic mass is 35.5. The van der Waals surface area contributed by atoms with E-state index in [2.05, 4.69) is 0 Å². The standard InChI is InChI=1S/C21H25ClN2O3/c1-23(13-16-5-3-2-4-6-16)15-21(27)11-12-24(14-19(21)25)20(26)17-7-9-18(22)10-8-17/h2-10,19,25,27H,11-15H2,1H3/t19-,21-/m0/s1. The average molecular weight is 389 g/mol. The van der Waals surface area contributed by atoms with E-state index in [4.69, 9.17) is 11.6 Å². The number of carbonyl (C=O) groups is 1. The predicted molar refractivity (Wildman–Crippen MR) is 106 cm³/mol. The fourth-order valence-corrected chi connectivity index (χ4v) is 3.65. The van der Waals surface area contributed by atoms with Gasteiger partial charge in [0.1, 0.15) is 11.7 Å². The molecule has 0 aromatic heterocycles. The Balaban J connectivity index is 1.59. The van der Waals surface area contributed by atoms with E-state index >= 15 is 0 Å². The van der Waals surface area contributed by atoms with Crippen LogP contribution < -0.4 is 0 Å². The third-order valence-corrected chi connectivity index (χ3v) is 5.30. The van der Waals surface area contributed by atoms with Crippen molar-refractivity contribution in [1.82, 2.24) is 9.80 Å². The molecule has 2 N–H and O–H groups in total. The molecular weight excluding hydrogens is 364 g/mol. The number of halogens is 1. The highest BCUT2D eigenvalue weighted by Gasteiger charge is 2.42. The van der Waals surface area contributed by atoms with Crippen LogP contribution in [0, 0.1) is 0 Å². The van der Waals surface area contributed by atoms with Crippen molar-refractivity contribution in [3.05, 3.63) is 70.7 Å². The van der Waals surface area contributed by atoms with Crippen LogP contribution >= 0.6 is 11.6 Å². The van der Waals surface area contributed by atoms with Crippen molar-refractivity contribution >= 4 is 17.5 Å². The molecule has 0 aliphatic carbocycles. The van der Waals surface area contributed by atoms with Crippen LogP contribution in [-0.4, -0.2) is 64.3 Å². The van der Waals surface area contributed by atoms with Gasteiger partial charge >= 0.3 is 0 Å². The van der Waals surface area contributed by atoms with E-state index in [0.717, 1.165) is 5.56 Å². The van der Waals surface area contributed by atoms with Gasteiger partial charge in [0.05, 0.1) is 0 Å². The van der Waals surface area contributed by atoms with E-state index in [1.165, 1.54) is 0 Å². The lowest BCUT2D eigenvalue weighted by atomic mass is 9.87. The van der Waals surface area contributed by atoms with Gasteiger partial charge in [-0.2, -0.15) is 0 Å². The number of hydrogen-bond donors (Lipinski definition) is 2. The Labute approximate surface area is 164 Å². The largest absolute Gasteiger partial charge is 0.388 e. The van der Waals surface area contributed by atoms with Crippen molar-refractivity contribution in [3.8, 4) is 0 Å². The van der Waals surface area contributed by atoms with E-state index in [0.29, 0.717) is 36.6 Å². The molecule has 1 saturated heterocycles. The van der Waals surface area contributed by atoms with Gasteiger partial charge in [-0.1, -0.05) is 41.9 Å². The summed E-state index contributed by atoms with van der Waals surface area (Å²) in [5, 5.41) is 22.1. The monoisotopic (exact) mass is 388 g/mol. The molecule has 144 valence electrons. The summed E-state index contributed by atoms with van der Waals surface area (Å²) in [6.07, 6.45) is -0.673. The molecule has 6 heteroatoms. The van der Waals surface area contributed by atoms with E-state index in [9.17, 15) is 15.0 Å². The molecule has 3 rings (SSSR count). The second kappa shape index (κ2) is 8.40. The van der Waals surface area contributed by atoms with E-state index in [1.54, 1.807) is 29.2 Å². The first-order valence-corrected chi connectivity index (χ1v) is 9.43. The van der Waals surface area contributed by atoms with Crippen molar-refractivity contribution in [2.45, 2.75) is 24.7 Å². The number of β-amino-alcohol motifs (C(OH)–C–C–N with tert-alkyl or cyclic N) is 1. The zero-order valence-corrected chi connectivity index (χ0v) is 16.1. The van der Waals surface area contributed by atoms with Gasteiger partial charge in [-0.05, 0) is 43.3 Å². The molecule has 0 bridgehead atoms. The number of likely N-dealkylation sites (tertiary alicyclic amines) is 1. The zero-order valence-electron chi connectivity index (χ0n) is 15.4. The summed E-state index contributed by atoms with van der Waals surface area (Å²) in [5.74, 6) is -0.162. The molecule has 0 spiro atoms. The molecule has 27 heavy (non-hydrogen) atoms. The lowest BCUT2D eigenvalue weighted by molar-refractivity contribution is -0.124. The number of aliphatic hydroxyl groups is 2. The minimum absolute atomic E-state index is 0.108. The van der Waals surface area contributed by atoms with E-state index in [1.807, 2.05) is 42.3 Å². The number of amides is 1. The molecule has 2 aromatic carbocycles. The van der Waals surface area contributed by atoms with Crippen LogP contribution in [0.4, 0.5) is 0 Å². The van der Waals surface area contributed by atoms with Gasteiger partial charge in [0.2, 0.25) is 0 Å². The fourth-order valence-electron chi connectivity index (χ4n) is 3.53. The third kappa shape index (κ3) is 4.87. The first-order chi connectivity index (χ1) is 12.9. The number of hydrogen-bond acceptors (Lipinski definition) is 4. The van der Waals surface area contributed by atoms with Crippen LogP contribution in [0.15, 0.2) is 54.6 Å². The van der Waals surface area contributed by atoms with Crippen LogP contribution in [-0.2, 0) is 6.54 Å². The number of likely N-dealkylation sites (N-methyl/N-ethyl adjacent to an activating group) is 1. The summed E-state index contributed by atoms with van der Waals surface area (Å²) in [4.78, 5) is 16.2. The Kier molecular flexibility index (Phi) is 6.17. The predicted octanol–water partition coefficient (Wildman–Crippen LogP) is 2.41. The van der Waals surface area contributed by atoms with Gasteiger partial charge in [-0.15, -0.1) is 0 Å². The van der Waals surface area contributed by atoms with Crippen LogP contribution in [0.5, 0.6) is 0 Å². The normalized spacial score (nSPS) is 22.9. The molecule has 1 aliphatic rings. The zero-order chi connectivity index (χ0) is 19.4. The summed E-state index contributed by atoms with van der Waals surface area (Å²) in [6.45, 7) is 1.53. The summed E-state index contributed by atoms with van der Waals surface area (Å²) >= 11 is 5.87. The van der Waals surface area contributed by atoms with E-state index < -0.39 is 11.7 Å². The highest BCUT2D eigenvalue weighted by molar-refractivity contribution is 6.30. The summed E-state index contributed by atoms with van der Waals surface area (Å²) in [7, 11) is 1.92. The van der Waals surface area contributed by atoms with Crippen molar-refractivity contribution in [1.29, 1.82) is 0 Å². The summed E-state index contributed by atoms with van der Waals surface area (Å²) in [5.41, 5.74) is 0.437. The van der Waals surface area contributed by atoms with Crippen molar-refractivity contribution in [2.24, 2.45) is 0 Å². The van der Waals surface area contributed by atoms with Gasteiger partial charge in [-0.25, -0.2) is 0 Å². The topological polar surface area (TPSA) is 64.0 Å². The van der Waals surface area contributed by atoms with E-state index in [-0.39, 0.29) is 12.5 Å². The van der Waals surface area contributed by atoms with Gasteiger partial charge in [0, 0.05) is 36.8 Å². The minimum atomic E-state index is -1.24. The Morgan fingerprint density at radius 3 is 2.52 bits per heavy atom. The summed E-state index contributed by atoms with van der Waals surface area (Å²) in [6, 6.07) is 16.7. The van der Waals surface area contributed by atoms with Gasteiger partial charge in [0.15, 0.2) is 0 Å². The maximum absolute atomic E-state index is 12.6. The van der Waals surface area contributed by atoms with Crippen LogP contribution in [0.1, 0.15) is 22.3 Å². The fraction of sp³-hybridized carbons (Fsp3) is 0.381. The Bertz CT molecular complexity index is 769. The second-order valence-electron chi connectivity index (χ2n) is 7.29. The summed E-state index contributed by atoms with van der Waals surface area (Å²) < 4.78 is 0. The number of rotatable bonds is 5. The van der Waals surface area contributed by atoms with Crippen LogP contribution in [0.2, 0.25) is 5.02 Å². The Morgan fingerprint density at radius 2 is 1.89 bits per heavy atom. The average Bonchev–Trinajstić information content (AvgIpc) is 2.65. The number of aliphatic hydroxyl groups excluding tert-OH is 1. The molecule has 5 nitrogen and oxygen atoms in total. The molecule has 0 radical (unpaired) electrons. The molecule has 1 aliphatic heterocycles. The smallest absolute Gasteiger partial charge is 0.253 e. The Hall–Kier alpha value is -1.92. The first-order valence-electron chi connectivity index (χ1n) is 9.05. The molecule has 2 atom stereocenters. The van der Waals surface area contributed by atoms with Crippen molar-refractivity contribution in [3.63, 3.8) is 0 Å². The van der Waals surface area contributed by atoms with Gasteiger partial charge in [-0.3, -0.25) is 9.69 Å². The van der Waals surface area contributed by atoms with Crippen molar-refractivity contribution in [2.75, 3.05) is 26.7 Å². The van der Waals surface area contributed by atoms with Crippen LogP contribution in [0.3, 0.4) is 0 Å². The number of nitrogens with zero attached hydrogens (tertiary/aromatic N) is 2. The number of carbonyl (C=O) groups excluding carboxylic acids is 1. The maximum atomic E-state index is 12.6. The quantitative estimate of drug-likeness (QED) is 0.825. The lowest BCUT2D eigenvalue weighted by Crippen LogP contribution is -2.60. The molecule has 1 amide bonds. The molecule has 2 aromatic rings. The first kappa shape index (κ1) is 19.8. The van der Waals surface area contributed by atoms with Gasteiger partial charge < -0.3 is 15.1 Å². The molecule has 1 fully saturated rings. The molecule has 1 heterocycles. The lowest BCUT2D eigenvalue weighted by Gasteiger charge is -2.43. The number of benzene rings is 2. The molecule has 0 saturated carbocycles. The minimum Gasteiger partial charge on any atom is -0.388 e. The third-order valence-electron chi connectivity index (χ3n) is 5.05. The molecule has 0 unspecified atom stereocenters. The van der Waals surface area contributed by atoms with Gasteiger partial charge in [0.25, 0.3) is 5.91 Å². The highest BCUT2D eigenvalue weighted by Crippen LogP contribution is 2.25.